The zero-order valence-corrected chi connectivity index (χ0v) is 58.4. The molecule has 90 heavy (non-hydrogen) atoms. The molecular weight excluding hydrogens is 1130 g/mol. The number of ether oxygens (including phenoxy) is 2. The molecule has 0 aromatic rings. The van der Waals surface area contributed by atoms with E-state index < -0.39 is 32.5 Å². The fourth-order valence-corrected chi connectivity index (χ4v) is 9.53. The number of unbranched alkanes of at least 4 members (excludes halogenated alkanes) is 16. The number of likely N-dealkylation sites (N-methyl/N-ethyl adjacent to an activating group) is 1. The molecule has 0 aliphatic carbocycles. The van der Waals surface area contributed by atoms with E-state index in [9.17, 15) is 19.0 Å². The Labute approximate surface area is 552 Å². The van der Waals surface area contributed by atoms with Crippen LogP contribution in [0, 0.1) is 0 Å². The van der Waals surface area contributed by atoms with Crippen LogP contribution < -0.4 is 4.89 Å². The number of quaternary nitrogens is 1. The molecule has 506 valence electrons. The summed E-state index contributed by atoms with van der Waals surface area (Å²) in [5.41, 5.74) is 0. The van der Waals surface area contributed by atoms with Crippen LogP contribution in [-0.4, -0.2) is 70.0 Å². The van der Waals surface area contributed by atoms with Crippen molar-refractivity contribution in [2.45, 2.75) is 251 Å². The SMILES string of the molecule is CC/C=C\C/C=C\C/C=C\C/C=C\C/C=C\C/C=C\C/C=C\C/C=C\C/C=C\C/C=C\C/C=C\CCCCCCCCCC(=O)OC(COC(=O)CCCCCCCCCCC/C=C\C/C=C\C/C=C\C/C=C\C/C=C\CC)COP(=O)([O-])OCC[N+](C)(C)C. The van der Waals surface area contributed by atoms with Gasteiger partial charge in [0, 0.05) is 12.8 Å². The first kappa shape index (κ1) is 84.8. The third-order valence-corrected chi connectivity index (χ3v) is 15.1. The topological polar surface area (TPSA) is 111 Å². The van der Waals surface area contributed by atoms with Gasteiger partial charge in [-0.25, -0.2) is 0 Å². The van der Waals surface area contributed by atoms with Crippen LogP contribution in [0.2, 0.25) is 0 Å². The highest BCUT2D eigenvalue weighted by Gasteiger charge is 2.22. The van der Waals surface area contributed by atoms with Crippen LogP contribution in [-0.2, 0) is 32.7 Å². The van der Waals surface area contributed by atoms with Crippen molar-refractivity contribution in [3.8, 4) is 0 Å². The van der Waals surface area contributed by atoms with Crippen molar-refractivity contribution in [2.24, 2.45) is 0 Å². The van der Waals surface area contributed by atoms with Crippen molar-refractivity contribution in [3.63, 3.8) is 0 Å². The maximum absolute atomic E-state index is 12.9. The van der Waals surface area contributed by atoms with Crippen molar-refractivity contribution < 1.29 is 42.1 Å². The Morgan fingerprint density at radius 2 is 0.600 bits per heavy atom. The van der Waals surface area contributed by atoms with Crippen LogP contribution in [0.4, 0.5) is 0 Å². The lowest BCUT2D eigenvalue weighted by atomic mass is 10.1. The summed E-state index contributed by atoms with van der Waals surface area (Å²) in [6, 6.07) is 0. The number of rotatable bonds is 62. The number of phosphoric ester groups is 1. The molecule has 0 aromatic heterocycles. The molecule has 0 bridgehead atoms. The van der Waals surface area contributed by atoms with Gasteiger partial charge in [0.05, 0.1) is 27.7 Å². The van der Waals surface area contributed by atoms with E-state index in [1.807, 2.05) is 21.1 Å². The van der Waals surface area contributed by atoms with Gasteiger partial charge in [-0.1, -0.05) is 285 Å². The molecule has 0 saturated heterocycles. The van der Waals surface area contributed by atoms with Crippen LogP contribution in [0.3, 0.4) is 0 Å². The van der Waals surface area contributed by atoms with Gasteiger partial charge in [-0.05, 0) is 141 Å². The fourth-order valence-electron chi connectivity index (χ4n) is 8.80. The summed E-state index contributed by atoms with van der Waals surface area (Å²) in [7, 11) is 1.13. The van der Waals surface area contributed by atoms with Gasteiger partial charge in [0.25, 0.3) is 7.82 Å². The van der Waals surface area contributed by atoms with Crippen molar-refractivity contribution in [1.29, 1.82) is 0 Å². The average molecular weight is 1260 g/mol. The predicted molar refractivity (Wildman–Crippen MR) is 387 cm³/mol. The molecule has 0 aliphatic heterocycles. The molecule has 10 heteroatoms. The van der Waals surface area contributed by atoms with E-state index in [0.29, 0.717) is 23.9 Å². The minimum absolute atomic E-state index is 0.0447. The number of allylic oxidation sites excluding steroid dienone is 32. The standard InChI is InChI=1S/C80H128NO8P/c1-6-8-10-12-14-16-18-20-22-24-26-28-30-32-33-34-35-36-37-38-39-40-41-42-43-44-45-46-47-49-51-53-55-57-59-61-63-65-67-69-71-73-80(83)89-78(77-88-90(84,85)87-75-74-81(3,4)5)76-86-79(82)72-70-68-66-64-62-60-58-56-54-52-50-48-31-29-27-25-23-21-19-17-15-13-11-9-7-2/h8-11,14-17,20-23,26-29,32-33,35-36,38-39,41-42,44-45,47-50,53,55,78H,6-7,12-13,18-19,24-25,30-31,34,37,40,43,46,51-52,54,56-77H2,1-5H3/b10-8-,11-9-,16-14-,17-15-,22-20-,23-21-,28-26-,29-27-,33-32-,36-35-,39-38-,42-41-,45-44-,49-47-,50-48-,55-53-. The normalized spacial score (nSPS) is 14.3. The minimum atomic E-state index is -4.66. The maximum atomic E-state index is 12.9. The highest BCUT2D eigenvalue weighted by Crippen LogP contribution is 2.38. The van der Waals surface area contributed by atoms with Gasteiger partial charge in [-0.15, -0.1) is 0 Å². The molecule has 2 unspecified atom stereocenters. The molecule has 0 radical (unpaired) electrons. The largest absolute Gasteiger partial charge is 0.756 e. The van der Waals surface area contributed by atoms with E-state index in [1.165, 1.54) is 44.9 Å². The van der Waals surface area contributed by atoms with Gasteiger partial charge in [0.2, 0.25) is 0 Å². The molecule has 2 atom stereocenters. The number of hydrogen-bond donors (Lipinski definition) is 0. The Kier molecular flexibility index (Phi) is 64.3. The fraction of sp³-hybridized carbons (Fsp3) is 0.575. The smallest absolute Gasteiger partial charge is 0.306 e. The van der Waals surface area contributed by atoms with E-state index >= 15 is 0 Å². The highest BCUT2D eigenvalue weighted by molar-refractivity contribution is 7.45. The third-order valence-electron chi connectivity index (χ3n) is 14.1. The second-order valence-electron chi connectivity index (χ2n) is 23.8. The second-order valence-corrected chi connectivity index (χ2v) is 25.2. The van der Waals surface area contributed by atoms with E-state index in [-0.39, 0.29) is 26.1 Å². The van der Waals surface area contributed by atoms with Gasteiger partial charge in [-0.3, -0.25) is 14.2 Å². The monoisotopic (exact) mass is 1260 g/mol. The Morgan fingerprint density at radius 3 is 0.889 bits per heavy atom. The molecular formula is C80H128NO8P. The van der Waals surface area contributed by atoms with Gasteiger partial charge in [0.15, 0.2) is 6.10 Å². The van der Waals surface area contributed by atoms with E-state index in [4.69, 9.17) is 18.5 Å². The minimum Gasteiger partial charge on any atom is -0.756 e. The highest BCUT2D eigenvalue weighted by atomic mass is 31.2. The van der Waals surface area contributed by atoms with Crippen LogP contribution in [0.1, 0.15) is 245 Å². The number of esters is 2. The van der Waals surface area contributed by atoms with Crippen molar-refractivity contribution in [2.75, 3.05) is 47.5 Å². The third kappa shape index (κ3) is 71.9. The molecule has 0 heterocycles. The van der Waals surface area contributed by atoms with Gasteiger partial charge in [-0.2, -0.15) is 0 Å². The second kappa shape index (κ2) is 68.2. The summed E-state index contributed by atoms with van der Waals surface area (Å²) in [5.74, 6) is -0.866. The van der Waals surface area contributed by atoms with Crippen molar-refractivity contribution in [1.82, 2.24) is 0 Å². The lowest BCUT2D eigenvalue weighted by molar-refractivity contribution is -0.870. The lowest BCUT2D eigenvalue weighted by Gasteiger charge is -2.28. The quantitative estimate of drug-likeness (QED) is 0.0195. The van der Waals surface area contributed by atoms with Gasteiger partial charge >= 0.3 is 11.9 Å². The number of carbonyl (C=O) groups excluding carboxylic acids is 2. The Balaban J connectivity index is 4.16. The van der Waals surface area contributed by atoms with Crippen molar-refractivity contribution in [3.05, 3.63) is 194 Å². The Bertz CT molecular complexity index is 2220. The van der Waals surface area contributed by atoms with Crippen LogP contribution >= 0.6 is 7.82 Å². The van der Waals surface area contributed by atoms with E-state index in [1.54, 1.807) is 0 Å². The van der Waals surface area contributed by atoms with Gasteiger partial charge < -0.3 is 27.9 Å². The molecule has 0 amide bonds. The first-order chi connectivity index (χ1) is 44.0. The van der Waals surface area contributed by atoms with Crippen molar-refractivity contribution >= 4 is 19.8 Å². The van der Waals surface area contributed by atoms with Crippen LogP contribution in [0.25, 0.3) is 0 Å². The van der Waals surface area contributed by atoms with E-state index in [2.05, 4.69) is 208 Å². The van der Waals surface area contributed by atoms with Gasteiger partial charge in [0.1, 0.15) is 19.8 Å². The molecule has 0 saturated carbocycles. The molecule has 0 fully saturated rings. The zero-order chi connectivity index (χ0) is 65.5. The summed E-state index contributed by atoms with van der Waals surface area (Å²) in [6.45, 7) is 3.97. The lowest BCUT2D eigenvalue weighted by Crippen LogP contribution is -2.37. The number of hydrogen-bond acceptors (Lipinski definition) is 8. The summed E-state index contributed by atoms with van der Waals surface area (Å²) in [4.78, 5) is 38.1. The average Bonchev–Trinajstić information content (AvgIpc) is 3.62. The zero-order valence-electron chi connectivity index (χ0n) is 57.5. The number of phosphoric acid groups is 1. The maximum Gasteiger partial charge on any atom is 0.306 e. The molecule has 0 aliphatic rings. The van der Waals surface area contributed by atoms with Crippen LogP contribution in [0.5, 0.6) is 0 Å². The molecule has 0 spiro atoms. The molecule has 0 N–H and O–H groups in total. The summed E-state index contributed by atoms with van der Waals surface area (Å²) < 4.78 is 34.3. The van der Waals surface area contributed by atoms with E-state index in [0.717, 1.165) is 161 Å². The Morgan fingerprint density at radius 1 is 0.344 bits per heavy atom. The van der Waals surface area contributed by atoms with Crippen LogP contribution in [0.15, 0.2) is 194 Å². The Hall–Kier alpha value is -5.15. The predicted octanol–water partition coefficient (Wildman–Crippen LogP) is 22.6. The molecule has 9 nitrogen and oxygen atoms in total. The summed E-state index contributed by atoms with van der Waals surface area (Å²) >= 11 is 0. The first-order valence-corrected chi connectivity index (χ1v) is 36.6. The molecule has 0 rings (SSSR count). The number of carbonyl (C=O) groups is 2. The molecule has 0 aromatic carbocycles. The summed E-state index contributed by atoms with van der Waals surface area (Å²) in [6.07, 6.45) is 106. The first-order valence-electron chi connectivity index (χ1n) is 35.1. The summed E-state index contributed by atoms with van der Waals surface area (Å²) in [5, 5.41) is 0. The number of nitrogens with zero attached hydrogens (tertiary/aromatic N) is 1.